The highest BCUT2D eigenvalue weighted by Crippen LogP contribution is 2.14. The molecule has 3 aromatic rings. The van der Waals surface area contributed by atoms with E-state index in [9.17, 15) is 0 Å². The van der Waals surface area contributed by atoms with Crippen LogP contribution in [0.4, 0.5) is 5.95 Å². The minimum atomic E-state index is 0.0896. The Morgan fingerprint density at radius 2 is 2.25 bits per heavy atom. The number of aromatic nitrogens is 6. The minimum Gasteiger partial charge on any atom is -0.467 e. The summed E-state index contributed by atoms with van der Waals surface area (Å²) < 4.78 is 6.70. The minimum absolute atomic E-state index is 0.0896. The Labute approximate surface area is 119 Å². The Kier molecular flexibility index (Phi) is 3.30. The van der Waals surface area contributed by atoms with E-state index in [1.807, 2.05) is 19.2 Å². The van der Waals surface area contributed by atoms with Crippen molar-refractivity contribution in [3.8, 4) is 5.95 Å². The van der Waals surface area contributed by atoms with Crippen molar-refractivity contribution < 1.29 is 4.42 Å². The molecule has 0 spiro atoms. The molecule has 0 N–H and O–H groups in total. The van der Waals surface area contributed by atoms with Crippen LogP contribution in [0.5, 0.6) is 0 Å². The predicted octanol–water partition coefficient (Wildman–Crippen LogP) is 1.34. The molecule has 0 aliphatic rings. The number of anilines is 1. The van der Waals surface area contributed by atoms with Crippen LogP contribution in [0.3, 0.4) is 0 Å². The topological polar surface area (TPSA) is 85.8 Å². The van der Waals surface area contributed by atoms with Crippen LogP contribution in [-0.4, -0.2) is 36.8 Å². The summed E-state index contributed by atoms with van der Waals surface area (Å²) in [4.78, 5) is 18.0. The molecule has 3 rings (SSSR count). The molecule has 0 saturated heterocycles. The lowest BCUT2D eigenvalue weighted by Crippen LogP contribution is -2.20. The number of halogens is 1. The Bertz CT molecular complexity index is 683. The normalized spacial score (nSPS) is 10.7. The molecule has 0 saturated carbocycles. The maximum Gasteiger partial charge on any atom is 0.258 e. The molecular formula is C11H10ClN7O. The van der Waals surface area contributed by atoms with E-state index in [4.69, 9.17) is 16.0 Å². The van der Waals surface area contributed by atoms with E-state index < -0.39 is 0 Å². The van der Waals surface area contributed by atoms with Crippen molar-refractivity contribution in [1.29, 1.82) is 0 Å². The smallest absolute Gasteiger partial charge is 0.258 e. The highest BCUT2D eigenvalue weighted by atomic mass is 35.5. The van der Waals surface area contributed by atoms with Gasteiger partial charge >= 0.3 is 0 Å². The van der Waals surface area contributed by atoms with Gasteiger partial charge < -0.3 is 9.32 Å². The molecule has 9 heteroatoms. The first kappa shape index (κ1) is 12.5. The highest BCUT2D eigenvalue weighted by Gasteiger charge is 2.12. The molecule has 0 aliphatic carbocycles. The van der Waals surface area contributed by atoms with Crippen LogP contribution in [-0.2, 0) is 6.54 Å². The zero-order valence-electron chi connectivity index (χ0n) is 10.5. The molecule has 0 radical (unpaired) electrons. The van der Waals surface area contributed by atoms with Crippen molar-refractivity contribution in [3.63, 3.8) is 0 Å². The summed E-state index contributed by atoms with van der Waals surface area (Å²) >= 11 is 5.92. The average molecular weight is 292 g/mol. The van der Waals surface area contributed by atoms with Crippen LogP contribution in [0.2, 0.25) is 5.28 Å². The number of rotatable bonds is 4. The van der Waals surface area contributed by atoms with Gasteiger partial charge in [0.15, 0.2) is 0 Å². The largest absolute Gasteiger partial charge is 0.467 e. The standard InChI is InChI=1S/C11H10ClN7O/c1-18(5-8-3-2-4-20-8)10-15-9(12)16-11(17-10)19-7-13-6-14-19/h2-4,6-7H,5H2,1H3. The quantitative estimate of drug-likeness (QED) is 0.717. The van der Waals surface area contributed by atoms with E-state index >= 15 is 0 Å². The molecule has 0 fully saturated rings. The van der Waals surface area contributed by atoms with Gasteiger partial charge in [-0.25, -0.2) is 4.98 Å². The number of hydrogen-bond acceptors (Lipinski definition) is 7. The van der Waals surface area contributed by atoms with Crippen molar-refractivity contribution in [2.45, 2.75) is 6.54 Å². The second kappa shape index (κ2) is 5.25. The molecule has 0 unspecified atom stereocenters. The molecular weight excluding hydrogens is 282 g/mol. The molecule has 20 heavy (non-hydrogen) atoms. The fraction of sp³-hybridized carbons (Fsp3) is 0.182. The third-order valence-electron chi connectivity index (χ3n) is 2.52. The Morgan fingerprint density at radius 1 is 1.35 bits per heavy atom. The fourth-order valence-electron chi connectivity index (χ4n) is 1.62. The fourth-order valence-corrected chi connectivity index (χ4v) is 1.77. The van der Waals surface area contributed by atoms with Gasteiger partial charge in [0, 0.05) is 7.05 Å². The number of furan rings is 1. The second-order valence-electron chi connectivity index (χ2n) is 3.98. The van der Waals surface area contributed by atoms with Crippen LogP contribution in [0.1, 0.15) is 5.76 Å². The van der Waals surface area contributed by atoms with Gasteiger partial charge in [-0.1, -0.05) is 0 Å². The summed E-state index contributed by atoms with van der Waals surface area (Å²) in [6, 6.07) is 3.70. The molecule has 102 valence electrons. The van der Waals surface area contributed by atoms with Gasteiger partial charge in [0.1, 0.15) is 18.4 Å². The zero-order valence-corrected chi connectivity index (χ0v) is 11.3. The number of hydrogen-bond donors (Lipinski definition) is 0. The average Bonchev–Trinajstić information content (AvgIpc) is 3.11. The maximum atomic E-state index is 5.92. The molecule has 3 heterocycles. The van der Waals surface area contributed by atoms with Gasteiger partial charge in [0.05, 0.1) is 12.8 Å². The van der Waals surface area contributed by atoms with E-state index in [0.717, 1.165) is 5.76 Å². The van der Waals surface area contributed by atoms with Crippen molar-refractivity contribution in [3.05, 3.63) is 42.1 Å². The molecule has 0 aliphatic heterocycles. The first-order valence-electron chi connectivity index (χ1n) is 5.72. The van der Waals surface area contributed by atoms with Crippen molar-refractivity contribution in [2.75, 3.05) is 11.9 Å². The Morgan fingerprint density at radius 3 is 2.95 bits per heavy atom. The van der Waals surface area contributed by atoms with Crippen LogP contribution in [0.15, 0.2) is 35.5 Å². The Hall–Kier alpha value is -2.48. The lowest BCUT2D eigenvalue weighted by atomic mass is 10.4. The van der Waals surface area contributed by atoms with Gasteiger partial charge in [0.25, 0.3) is 5.95 Å². The summed E-state index contributed by atoms with van der Waals surface area (Å²) in [6.45, 7) is 0.518. The summed E-state index contributed by atoms with van der Waals surface area (Å²) in [7, 11) is 1.83. The van der Waals surface area contributed by atoms with E-state index in [2.05, 4.69) is 25.0 Å². The van der Waals surface area contributed by atoms with Crippen molar-refractivity contribution in [1.82, 2.24) is 29.7 Å². The van der Waals surface area contributed by atoms with Gasteiger partial charge in [-0.3, -0.25) is 0 Å². The van der Waals surface area contributed by atoms with Gasteiger partial charge in [-0.15, -0.1) is 0 Å². The summed E-state index contributed by atoms with van der Waals surface area (Å²) in [6.07, 6.45) is 4.50. The SMILES string of the molecule is CN(Cc1ccco1)c1nc(Cl)nc(-n2cncn2)n1. The summed E-state index contributed by atoms with van der Waals surface area (Å²) in [5, 5.41) is 4.05. The van der Waals surface area contributed by atoms with E-state index in [-0.39, 0.29) is 5.28 Å². The molecule has 0 atom stereocenters. The zero-order chi connectivity index (χ0) is 13.9. The third kappa shape index (κ3) is 2.59. The Balaban J connectivity index is 1.89. The van der Waals surface area contributed by atoms with Crippen molar-refractivity contribution >= 4 is 17.5 Å². The highest BCUT2D eigenvalue weighted by molar-refractivity contribution is 6.28. The van der Waals surface area contributed by atoms with Gasteiger partial charge in [-0.2, -0.15) is 24.7 Å². The monoisotopic (exact) mass is 291 g/mol. The first-order valence-corrected chi connectivity index (χ1v) is 6.10. The predicted molar refractivity (Wildman–Crippen MR) is 70.6 cm³/mol. The molecule has 0 aromatic carbocycles. The van der Waals surface area contributed by atoms with Crippen LogP contribution in [0.25, 0.3) is 5.95 Å². The van der Waals surface area contributed by atoms with Crippen LogP contribution in [0, 0.1) is 0 Å². The van der Waals surface area contributed by atoms with E-state index in [1.54, 1.807) is 11.2 Å². The molecule has 0 bridgehead atoms. The maximum absolute atomic E-state index is 5.92. The lowest BCUT2D eigenvalue weighted by molar-refractivity contribution is 0.506. The van der Waals surface area contributed by atoms with Gasteiger partial charge in [-0.05, 0) is 23.7 Å². The molecule has 0 amide bonds. The van der Waals surface area contributed by atoms with E-state index in [1.165, 1.54) is 17.3 Å². The van der Waals surface area contributed by atoms with Crippen LogP contribution >= 0.6 is 11.6 Å². The first-order chi connectivity index (χ1) is 9.72. The number of nitrogens with zero attached hydrogens (tertiary/aromatic N) is 7. The summed E-state index contributed by atoms with van der Waals surface area (Å²) in [5.74, 6) is 1.53. The molecule has 3 aromatic heterocycles. The van der Waals surface area contributed by atoms with Crippen LogP contribution < -0.4 is 4.90 Å². The van der Waals surface area contributed by atoms with Crippen molar-refractivity contribution in [2.24, 2.45) is 0 Å². The summed E-state index contributed by atoms with van der Waals surface area (Å²) in [5.41, 5.74) is 0. The second-order valence-corrected chi connectivity index (χ2v) is 4.32. The lowest BCUT2D eigenvalue weighted by Gasteiger charge is -2.15. The van der Waals surface area contributed by atoms with Gasteiger partial charge in [0.2, 0.25) is 11.2 Å². The third-order valence-corrected chi connectivity index (χ3v) is 2.69. The van der Waals surface area contributed by atoms with E-state index in [0.29, 0.717) is 18.4 Å². The molecule has 8 nitrogen and oxygen atoms in total.